The van der Waals surface area contributed by atoms with Gasteiger partial charge in [0, 0.05) is 24.4 Å². The van der Waals surface area contributed by atoms with Crippen LogP contribution in [0.25, 0.3) is 11.1 Å². The zero-order valence-corrected chi connectivity index (χ0v) is 27.3. The van der Waals surface area contributed by atoms with Gasteiger partial charge < -0.3 is 19.9 Å². The molecule has 2 atom stereocenters. The van der Waals surface area contributed by atoms with E-state index in [1.807, 2.05) is 0 Å². The Morgan fingerprint density at radius 1 is 0.958 bits per heavy atom. The summed E-state index contributed by atoms with van der Waals surface area (Å²) in [6.45, 7) is 6.78. The van der Waals surface area contributed by atoms with E-state index in [4.69, 9.17) is 0 Å². The number of rotatable bonds is 12. The van der Waals surface area contributed by atoms with E-state index in [0.29, 0.717) is 28.8 Å². The number of halogens is 7. The molecule has 0 bridgehead atoms. The Balaban J connectivity index is 2.23. The number of benzene rings is 2. The van der Waals surface area contributed by atoms with Gasteiger partial charge in [-0.1, -0.05) is 32.0 Å². The highest BCUT2D eigenvalue weighted by molar-refractivity contribution is 5.82. The van der Waals surface area contributed by atoms with Crippen LogP contribution >= 0.6 is 0 Å². The predicted molar refractivity (Wildman–Crippen MR) is 166 cm³/mol. The molecule has 262 valence electrons. The average Bonchev–Trinajstić information content (AvgIpc) is 2.93. The summed E-state index contributed by atoms with van der Waals surface area (Å²) >= 11 is 0. The highest BCUT2D eigenvalue weighted by Crippen LogP contribution is 2.40. The fraction of sp³-hybridized carbons (Fsp3) is 0.441. The average molecular weight is 686 g/mol. The number of carboxylic acids is 1. The monoisotopic (exact) mass is 685 g/mol. The third-order valence-corrected chi connectivity index (χ3v) is 7.88. The van der Waals surface area contributed by atoms with Crippen LogP contribution in [0.5, 0.6) is 0 Å². The number of amides is 1. The van der Waals surface area contributed by atoms with Gasteiger partial charge in [-0.3, -0.25) is 14.4 Å². The van der Waals surface area contributed by atoms with Gasteiger partial charge in [0.1, 0.15) is 11.9 Å². The number of alkyl halides is 6. The van der Waals surface area contributed by atoms with Crippen molar-refractivity contribution in [2.24, 2.45) is 5.92 Å². The van der Waals surface area contributed by atoms with Gasteiger partial charge >= 0.3 is 18.3 Å². The molecule has 14 heteroatoms. The van der Waals surface area contributed by atoms with E-state index in [9.17, 15) is 45.8 Å². The molecule has 0 saturated heterocycles. The summed E-state index contributed by atoms with van der Waals surface area (Å²) in [7, 11) is 3.28. The van der Waals surface area contributed by atoms with Crippen LogP contribution in [-0.2, 0) is 28.4 Å². The molecule has 48 heavy (non-hydrogen) atoms. The topological polar surface area (TPSA) is 91.6 Å². The first-order valence-electron chi connectivity index (χ1n) is 15.1. The first-order valence-corrected chi connectivity index (χ1v) is 15.1. The van der Waals surface area contributed by atoms with E-state index in [-0.39, 0.29) is 36.4 Å². The van der Waals surface area contributed by atoms with Gasteiger partial charge in [-0.25, -0.2) is 4.39 Å². The number of aryl methyl sites for hydroxylation is 2. The molecule has 0 fully saturated rings. The van der Waals surface area contributed by atoms with E-state index in [0.717, 1.165) is 16.8 Å². The van der Waals surface area contributed by atoms with Crippen LogP contribution < -0.4 is 10.9 Å². The molecule has 7 nitrogen and oxygen atoms in total. The number of nitrogens with zero attached hydrogens (tertiary/aromatic N) is 2. The molecule has 0 saturated carbocycles. The predicted octanol–water partition coefficient (Wildman–Crippen LogP) is 7.33. The minimum Gasteiger partial charge on any atom is -0.481 e. The van der Waals surface area contributed by atoms with Gasteiger partial charge in [0.2, 0.25) is 5.91 Å². The second kappa shape index (κ2) is 14.9. The Morgan fingerprint density at radius 2 is 1.54 bits per heavy atom. The second-order valence-corrected chi connectivity index (χ2v) is 12.5. The van der Waals surface area contributed by atoms with Crippen molar-refractivity contribution in [3.63, 3.8) is 0 Å². The standard InChI is InChI=1S/C34H38F7N3O4/c1-18(2)12-27(44-17-21(10-11-43(5)6)24(15-28(44)45)33(36,37)38)32(48)42-26(16-29(46)47)23-13-22(14-25(31(23)35)34(39,40)41)30-19(3)8-7-9-20(30)4/h7-9,13-15,17-18,26-27H,10-12,16H2,1-6H3,(H,42,48)(H,46,47). The first-order chi connectivity index (χ1) is 22.1. The maximum Gasteiger partial charge on any atom is 0.419 e. The largest absolute Gasteiger partial charge is 0.481 e. The zero-order chi connectivity index (χ0) is 36.3. The number of likely N-dealkylation sites (N-methyl/N-ethyl adjacent to an activating group) is 1. The molecule has 0 radical (unpaired) electrons. The molecule has 0 aliphatic rings. The molecule has 2 aromatic carbocycles. The van der Waals surface area contributed by atoms with Crippen LogP contribution in [0.4, 0.5) is 30.7 Å². The molecule has 0 aliphatic heterocycles. The van der Waals surface area contributed by atoms with Crippen molar-refractivity contribution >= 4 is 11.9 Å². The molecular formula is C34H38F7N3O4. The number of hydrogen-bond acceptors (Lipinski definition) is 4. The highest BCUT2D eigenvalue weighted by Gasteiger charge is 2.39. The Bertz CT molecular complexity index is 1690. The SMILES string of the molecule is Cc1cccc(C)c1-c1cc(C(CC(=O)O)NC(=O)C(CC(C)C)n2cc(CCN(C)C)c(C(F)(F)F)cc2=O)c(F)c(C(F)(F)F)c1. The molecule has 3 aromatic rings. The maximum atomic E-state index is 15.7. The molecule has 1 amide bonds. The smallest absolute Gasteiger partial charge is 0.419 e. The lowest BCUT2D eigenvalue weighted by Crippen LogP contribution is -2.41. The maximum absolute atomic E-state index is 15.7. The lowest BCUT2D eigenvalue weighted by molar-refractivity contribution is -0.140. The summed E-state index contributed by atoms with van der Waals surface area (Å²) in [6.07, 6.45) is -10.5. The summed E-state index contributed by atoms with van der Waals surface area (Å²) in [4.78, 5) is 40.5. The van der Waals surface area contributed by atoms with Crippen molar-refractivity contribution in [3.8, 4) is 11.1 Å². The van der Waals surface area contributed by atoms with Crippen molar-refractivity contribution in [2.45, 2.75) is 71.4 Å². The Kier molecular flexibility index (Phi) is 11.9. The highest BCUT2D eigenvalue weighted by atomic mass is 19.4. The number of carboxylic acid groups (broad SMARTS) is 1. The molecule has 1 heterocycles. The number of aliphatic carboxylic acids is 1. The number of hydrogen-bond donors (Lipinski definition) is 2. The Labute approximate surface area is 273 Å². The van der Waals surface area contributed by atoms with Gasteiger partial charge in [-0.05, 0) is 86.7 Å². The van der Waals surface area contributed by atoms with Gasteiger partial charge in [0.25, 0.3) is 5.56 Å². The lowest BCUT2D eigenvalue weighted by atomic mass is 9.90. The van der Waals surface area contributed by atoms with Gasteiger partial charge in [-0.15, -0.1) is 0 Å². The fourth-order valence-electron chi connectivity index (χ4n) is 5.64. The van der Waals surface area contributed by atoms with E-state index in [1.54, 1.807) is 64.9 Å². The van der Waals surface area contributed by atoms with E-state index in [2.05, 4.69) is 5.32 Å². The van der Waals surface area contributed by atoms with Gasteiger partial charge in [0.05, 0.1) is 23.6 Å². The molecule has 0 spiro atoms. The zero-order valence-electron chi connectivity index (χ0n) is 27.3. The number of carbonyl (C=O) groups excluding carboxylic acids is 1. The minimum atomic E-state index is -5.19. The number of carbonyl (C=O) groups is 2. The van der Waals surface area contributed by atoms with E-state index in [1.165, 1.54) is 0 Å². The normalized spacial score (nSPS) is 13.6. The number of nitrogens with one attached hydrogen (secondary N) is 1. The van der Waals surface area contributed by atoms with E-state index < -0.39 is 70.8 Å². The second-order valence-electron chi connectivity index (χ2n) is 12.5. The van der Waals surface area contributed by atoms with Gasteiger partial charge in [0.15, 0.2) is 0 Å². The van der Waals surface area contributed by atoms with Crippen LogP contribution in [0.1, 0.15) is 72.2 Å². The molecule has 1 aromatic heterocycles. The Hall–Kier alpha value is -4.20. The van der Waals surface area contributed by atoms with Crippen molar-refractivity contribution in [2.75, 3.05) is 20.6 Å². The van der Waals surface area contributed by atoms with Crippen molar-refractivity contribution in [1.29, 1.82) is 0 Å². The lowest BCUT2D eigenvalue weighted by Gasteiger charge is -2.27. The first kappa shape index (κ1) is 38.2. The third kappa shape index (κ3) is 9.24. The summed E-state index contributed by atoms with van der Waals surface area (Å²) in [5, 5.41) is 12.0. The van der Waals surface area contributed by atoms with Crippen LogP contribution in [0, 0.1) is 25.6 Å². The molecular weight excluding hydrogens is 647 g/mol. The van der Waals surface area contributed by atoms with Gasteiger partial charge in [-0.2, -0.15) is 26.3 Å². The van der Waals surface area contributed by atoms with Crippen LogP contribution in [-0.4, -0.2) is 47.1 Å². The summed E-state index contributed by atoms with van der Waals surface area (Å²) in [6, 6.07) is 3.64. The summed E-state index contributed by atoms with van der Waals surface area (Å²) in [5.41, 5.74) is -3.66. The quantitative estimate of drug-likeness (QED) is 0.195. The molecule has 2 unspecified atom stereocenters. The van der Waals surface area contributed by atoms with Crippen LogP contribution in [0.15, 0.2) is 47.4 Å². The fourth-order valence-corrected chi connectivity index (χ4v) is 5.64. The number of aromatic nitrogens is 1. The summed E-state index contributed by atoms with van der Waals surface area (Å²) < 4.78 is 101. The van der Waals surface area contributed by atoms with Crippen LogP contribution in [0.3, 0.4) is 0 Å². The van der Waals surface area contributed by atoms with Crippen LogP contribution in [0.2, 0.25) is 0 Å². The third-order valence-electron chi connectivity index (χ3n) is 7.88. The van der Waals surface area contributed by atoms with E-state index >= 15 is 4.39 Å². The molecule has 3 rings (SSSR count). The molecule has 0 aliphatic carbocycles. The van der Waals surface area contributed by atoms with Crippen molar-refractivity contribution in [3.05, 3.63) is 92.1 Å². The van der Waals surface area contributed by atoms with Crippen molar-refractivity contribution in [1.82, 2.24) is 14.8 Å². The summed E-state index contributed by atoms with van der Waals surface area (Å²) in [5.74, 6) is -4.79. The van der Waals surface area contributed by atoms with Crippen molar-refractivity contribution < 1.29 is 45.4 Å². The minimum absolute atomic E-state index is 0.0674. The number of pyridine rings is 1. The Morgan fingerprint density at radius 3 is 2.04 bits per heavy atom. The molecule has 2 N–H and O–H groups in total.